The Morgan fingerprint density at radius 3 is 3.06 bits per heavy atom. The van der Waals surface area contributed by atoms with Crippen LogP contribution in [0.2, 0.25) is 0 Å². The molecular weight excluding hydrogens is 315 g/mol. The molecule has 0 aliphatic heterocycles. The van der Waals surface area contributed by atoms with E-state index in [9.17, 15) is 4.39 Å². The second-order valence-electron chi connectivity index (χ2n) is 3.94. The first kappa shape index (κ1) is 13.6. The molecule has 0 atom stereocenters. The molecule has 0 spiro atoms. The average molecular weight is 329 g/mol. The monoisotopic (exact) mass is 328 g/mol. The van der Waals surface area contributed by atoms with Crippen molar-refractivity contribution in [1.29, 1.82) is 0 Å². The predicted molar refractivity (Wildman–Crippen MR) is 77.2 cm³/mol. The van der Waals surface area contributed by atoms with Gasteiger partial charge in [-0.2, -0.15) is 0 Å². The highest BCUT2D eigenvalue weighted by Crippen LogP contribution is 2.28. The van der Waals surface area contributed by atoms with Crippen LogP contribution in [0.3, 0.4) is 0 Å². The Balaban J connectivity index is 2.16. The Morgan fingerprint density at radius 1 is 1.44 bits per heavy atom. The summed E-state index contributed by atoms with van der Waals surface area (Å²) in [5.74, 6) is -0.236. The molecule has 5 heteroatoms. The molecule has 0 aliphatic rings. The molecule has 0 saturated carbocycles. The van der Waals surface area contributed by atoms with Gasteiger partial charge in [-0.25, -0.2) is 9.37 Å². The van der Waals surface area contributed by atoms with Gasteiger partial charge in [0.2, 0.25) is 0 Å². The Kier molecular flexibility index (Phi) is 4.86. The Bertz CT molecular complexity index is 527. The van der Waals surface area contributed by atoms with E-state index in [0.29, 0.717) is 5.56 Å². The van der Waals surface area contributed by atoms with Gasteiger partial charge < -0.3 is 5.32 Å². The fraction of sp³-hybridized carbons (Fsp3) is 0.308. The molecule has 2 nitrogen and oxygen atoms in total. The van der Waals surface area contributed by atoms with Crippen molar-refractivity contribution < 1.29 is 4.39 Å². The lowest BCUT2D eigenvalue weighted by atomic mass is 10.2. The fourth-order valence-electron chi connectivity index (χ4n) is 1.57. The van der Waals surface area contributed by atoms with E-state index in [1.165, 1.54) is 17.4 Å². The summed E-state index contributed by atoms with van der Waals surface area (Å²) in [6, 6.07) is 4.91. The number of rotatable bonds is 5. The highest BCUT2D eigenvalue weighted by Gasteiger charge is 2.10. The number of benzene rings is 1. The van der Waals surface area contributed by atoms with Gasteiger partial charge in [0.15, 0.2) is 0 Å². The van der Waals surface area contributed by atoms with Crippen molar-refractivity contribution in [2.75, 3.05) is 6.54 Å². The van der Waals surface area contributed by atoms with E-state index < -0.39 is 0 Å². The minimum atomic E-state index is -0.236. The van der Waals surface area contributed by atoms with Crippen LogP contribution >= 0.6 is 27.3 Å². The maximum Gasteiger partial charge on any atom is 0.133 e. The second-order valence-corrected chi connectivity index (χ2v) is 5.72. The number of halogens is 2. The summed E-state index contributed by atoms with van der Waals surface area (Å²) in [5.41, 5.74) is 1.51. The first-order valence-electron chi connectivity index (χ1n) is 5.81. The molecular formula is C13H14BrFN2S. The van der Waals surface area contributed by atoms with Gasteiger partial charge >= 0.3 is 0 Å². The molecule has 0 aliphatic carbocycles. The Morgan fingerprint density at radius 2 is 2.28 bits per heavy atom. The van der Waals surface area contributed by atoms with Crippen molar-refractivity contribution in [3.05, 3.63) is 39.6 Å². The van der Waals surface area contributed by atoms with Crippen LogP contribution in [0, 0.1) is 5.82 Å². The summed E-state index contributed by atoms with van der Waals surface area (Å²) in [4.78, 5) is 4.45. The van der Waals surface area contributed by atoms with Crippen LogP contribution in [0.4, 0.5) is 4.39 Å². The first-order valence-corrected chi connectivity index (χ1v) is 7.48. The molecule has 1 aromatic heterocycles. The quantitative estimate of drug-likeness (QED) is 0.831. The number of aromatic nitrogens is 1. The molecule has 2 rings (SSSR count). The summed E-state index contributed by atoms with van der Waals surface area (Å²) >= 11 is 4.82. The molecule has 0 radical (unpaired) electrons. The first-order chi connectivity index (χ1) is 8.70. The van der Waals surface area contributed by atoms with Crippen molar-refractivity contribution >= 4 is 27.3 Å². The molecule has 96 valence electrons. The standard InChI is InChI=1S/C13H14BrFN2S/c1-2-5-16-7-10-8-18-13(17-10)11-6-9(14)3-4-12(11)15/h3-4,6,8,16H,2,5,7H2,1H3. The van der Waals surface area contributed by atoms with Gasteiger partial charge in [0.25, 0.3) is 0 Å². The van der Waals surface area contributed by atoms with Crippen molar-refractivity contribution in [3.63, 3.8) is 0 Å². The third kappa shape index (κ3) is 3.37. The number of thiazole rings is 1. The van der Waals surface area contributed by atoms with Crippen molar-refractivity contribution in [1.82, 2.24) is 10.3 Å². The highest BCUT2D eigenvalue weighted by molar-refractivity contribution is 9.10. The number of hydrogen-bond acceptors (Lipinski definition) is 3. The van der Waals surface area contributed by atoms with E-state index in [-0.39, 0.29) is 5.82 Å². The van der Waals surface area contributed by atoms with Gasteiger partial charge in [0, 0.05) is 22.0 Å². The van der Waals surface area contributed by atoms with Crippen LogP contribution in [0.5, 0.6) is 0 Å². The van der Waals surface area contributed by atoms with Gasteiger partial charge in [-0.3, -0.25) is 0 Å². The summed E-state index contributed by atoms with van der Waals surface area (Å²) in [6.45, 7) is 3.83. The van der Waals surface area contributed by atoms with E-state index in [0.717, 1.165) is 34.7 Å². The van der Waals surface area contributed by atoms with Crippen molar-refractivity contribution in [2.45, 2.75) is 19.9 Å². The van der Waals surface area contributed by atoms with Crippen molar-refractivity contribution in [2.24, 2.45) is 0 Å². The predicted octanol–water partition coefficient (Wildman–Crippen LogP) is 4.21. The number of hydrogen-bond donors (Lipinski definition) is 1. The topological polar surface area (TPSA) is 24.9 Å². The summed E-state index contributed by atoms with van der Waals surface area (Å²) in [7, 11) is 0. The second kappa shape index (κ2) is 6.41. The Hall–Kier alpha value is -0.780. The largest absolute Gasteiger partial charge is 0.311 e. The fourth-order valence-corrected chi connectivity index (χ4v) is 2.76. The molecule has 2 aromatic rings. The van der Waals surface area contributed by atoms with Crippen LogP contribution in [0.25, 0.3) is 10.6 Å². The van der Waals surface area contributed by atoms with Crippen LogP contribution < -0.4 is 5.32 Å². The molecule has 1 heterocycles. The van der Waals surface area contributed by atoms with E-state index >= 15 is 0 Å². The normalized spacial score (nSPS) is 10.8. The highest BCUT2D eigenvalue weighted by atomic mass is 79.9. The SMILES string of the molecule is CCCNCc1csc(-c2cc(Br)ccc2F)n1. The van der Waals surface area contributed by atoms with Gasteiger partial charge in [-0.15, -0.1) is 11.3 Å². The zero-order valence-corrected chi connectivity index (χ0v) is 12.4. The molecule has 1 aromatic carbocycles. The maximum atomic E-state index is 13.7. The molecule has 0 unspecified atom stereocenters. The van der Waals surface area contributed by atoms with Crippen LogP contribution in [0.15, 0.2) is 28.1 Å². The minimum absolute atomic E-state index is 0.236. The van der Waals surface area contributed by atoms with Crippen LogP contribution in [0.1, 0.15) is 19.0 Å². The molecule has 18 heavy (non-hydrogen) atoms. The molecule has 0 amide bonds. The lowest BCUT2D eigenvalue weighted by molar-refractivity contribution is 0.630. The van der Waals surface area contributed by atoms with E-state index in [2.05, 4.69) is 33.2 Å². The van der Waals surface area contributed by atoms with Gasteiger partial charge in [-0.1, -0.05) is 22.9 Å². The zero-order valence-electron chi connectivity index (χ0n) is 10.0. The molecule has 0 saturated heterocycles. The third-order valence-electron chi connectivity index (χ3n) is 2.44. The van der Waals surface area contributed by atoms with Crippen LogP contribution in [-0.2, 0) is 6.54 Å². The lowest BCUT2D eigenvalue weighted by Crippen LogP contribution is -2.13. The van der Waals surface area contributed by atoms with Gasteiger partial charge in [0.1, 0.15) is 10.8 Å². The average Bonchev–Trinajstić information content (AvgIpc) is 2.81. The maximum absolute atomic E-state index is 13.7. The summed E-state index contributed by atoms with van der Waals surface area (Å²) in [6.07, 6.45) is 1.09. The lowest BCUT2D eigenvalue weighted by Gasteiger charge is -2.00. The minimum Gasteiger partial charge on any atom is -0.311 e. The molecule has 1 N–H and O–H groups in total. The smallest absolute Gasteiger partial charge is 0.133 e. The van der Waals surface area contributed by atoms with Crippen molar-refractivity contribution in [3.8, 4) is 10.6 Å². The van der Waals surface area contributed by atoms with Gasteiger partial charge in [-0.05, 0) is 31.2 Å². The van der Waals surface area contributed by atoms with Gasteiger partial charge in [0.05, 0.1) is 5.69 Å². The van der Waals surface area contributed by atoms with E-state index in [1.54, 1.807) is 12.1 Å². The Labute approximate surface area is 118 Å². The number of nitrogens with one attached hydrogen (secondary N) is 1. The molecule has 0 bridgehead atoms. The number of nitrogens with zero attached hydrogens (tertiary/aromatic N) is 1. The third-order valence-corrected chi connectivity index (χ3v) is 3.86. The summed E-state index contributed by atoms with van der Waals surface area (Å²) < 4.78 is 14.6. The molecule has 0 fully saturated rings. The van der Waals surface area contributed by atoms with Crippen LogP contribution in [-0.4, -0.2) is 11.5 Å². The summed E-state index contributed by atoms with van der Waals surface area (Å²) in [5, 5.41) is 5.98. The zero-order chi connectivity index (χ0) is 13.0. The van der Waals surface area contributed by atoms with E-state index in [4.69, 9.17) is 0 Å². The van der Waals surface area contributed by atoms with E-state index in [1.807, 2.05) is 5.38 Å².